The minimum absolute atomic E-state index is 0.231. The first-order valence-electron chi connectivity index (χ1n) is 20.8. The number of aliphatic hydroxyl groups is 3. The highest BCUT2D eigenvalue weighted by Crippen LogP contribution is 2.16. The molecule has 0 heterocycles. The maximum Gasteiger partial charge on any atom is 0.500 e. The smallest absolute Gasteiger partial charge is 0.389 e. The van der Waals surface area contributed by atoms with Crippen molar-refractivity contribution in [3.05, 3.63) is 0 Å². The fourth-order valence-corrected chi connectivity index (χ4v) is 9.36. The van der Waals surface area contributed by atoms with E-state index in [2.05, 4.69) is 40.0 Å². The van der Waals surface area contributed by atoms with Crippen molar-refractivity contribution in [2.24, 2.45) is 5.92 Å². The van der Waals surface area contributed by atoms with Gasteiger partial charge in [0.05, 0.1) is 38.1 Å². The first-order valence-corrected chi connectivity index (χ1v) is 24.6. The molecule has 0 spiro atoms. The van der Waals surface area contributed by atoms with Gasteiger partial charge in [-0.2, -0.15) is 0 Å². The molecule has 0 aromatic heterocycles. The second-order valence-electron chi connectivity index (χ2n) is 14.1. The van der Waals surface area contributed by atoms with E-state index in [9.17, 15) is 15.3 Å². The number of hydrogen-bond donors (Lipinski definition) is 7. The molecule has 4 atom stereocenters. The SMILES string of the molecule is CCCCC(CC)COCC(O)CNCCN(CCNCCNCCNCC(O)COCCC[Si](OC)(OC)OC)CC(O)COCCC[Si](OC)(OC)OC. The largest absolute Gasteiger partial charge is 0.500 e. The van der Waals surface area contributed by atoms with Crippen molar-refractivity contribution >= 4 is 17.6 Å². The maximum atomic E-state index is 10.8. The molecule has 0 rings (SSSR count). The second kappa shape index (κ2) is 37.7. The van der Waals surface area contributed by atoms with Crippen LogP contribution in [0.4, 0.5) is 0 Å². The molecule has 19 heteroatoms. The van der Waals surface area contributed by atoms with Crippen LogP contribution >= 0.6 is 0 Å². The summed E-state index contributed by atoms with van der Waals surface area (Å²) in [5, 5.41) is 44.9. The van der Waals surface area contributed by atoms with Crippen LogP contribution in [-0.4, -0.2) is 210 Å². The molecule has 0 aliphatic rings. The molecule has 0 fully saturated rings. The van der Waals surface area contributed by atoms with E-state index in [1.807, 2.05) is 0 Å². The maximum absolute atomic E-state index is 10.8. The highest BCUT2D eigenvalue weighted by atomic mass is 28.4. The summed E-state index contributed by atoms with van der Waals surface area (Å²) < 4.78 is 49.8. The monoisotopic (exact) mass is 848 g/mol. The van der Waals surface area contributed by atoms with Gasteiger partial charge in [-0.05, 0) is 25.2 Å². The molecule has 0 radical (unpaired) electrons. The van der Waals surface area contributed by atoms with Gasteiger partial charge in [0.1, 0.15) is 0 Å². The molecule has 0 amide bonds. The van der Waals surface area contributed by atoms with Crippen molar-refractivity contribution in [1.29, 1.82) is 0 Å². The molecule has 4 unspecified atom stereocenters. The average molecular weight is 848 g/mol. The standard InChI is InChI=1S/C37H85N5O12Si2/c1-9-11-14-34(10-2)30-54-32-36(44)28-41-20-22-42(29-37(45)33-53-24-13-26-56(49-6,50-7)51-8)21-19-39-16-15-38-17-18-40-27-35(43)31-52-23-12-25-55(46-3,47-4)48-5/h34-41,43-45H,9-33H2,1-8H3. The summed E-state index contributed by atoms with van der Waals surface area (Å²) in [5.74, 6) is 0.549. The zero-order valence-corrected chi connectivity index (χ0v) is 38.5. The van der Waals surface area contributed by atoms with Crippen molar-refractivity contribution in [3.63, 3.8) is 0 Å². The summed E-state index contributed by atoms with van der Waals surface area (Å²) in [6.07, 6.45) is 4.31. The van der Waals surface area contributed by atoms with Gasteiger partial charge in [0.2, 0.25) is 0 Å². The van der Waals surface area contributed by atoms with Crippen molar-refractivity contribution < 1.29 is 56.1 Å². The lowest BCUT2D eigenvalue weighted by Crippen LogP contribution is -2.44. The predicted molar refractivity (Wildman–Crippen MR) is 224 cm³/mol. The molecule has 56 heavy (non-hydrogen) atoms. The van der Waals surface area contributed by atoms with Crippen LogP contribution < -0.4 is 21.3 Å². The van der Waals surface area contributed by atoms with Gasteiger partial charge in [0.15, 0.2) is 0 Å². The fraction of sp³-hybridized carbons (Fsp3) is 1.00. The van der Waals surface area contributed by atoms with E-state index in [1.54, 1.807) is 42.7 Å². The van der Waals surface area contributed by atoms with Gasteiger partial charge >= 0.3 is 17.6 Å². The van der Waals surface area contributed by atoms with Gasteiger partial charge in [-0.3, -0.25) is 4.90 Å². The molecule has 7 N–H and O–H groups in total. The molecule has 0 aliphatic heterocycles. The average Bonchev–Trinajstić information content (AvgIpc) is 3.21. The van der Waals surface area contributed by atoms with Gasteiger partial charge < -0.3 is 77.4 Å². The van der Waals surface area contributed by atoms with Crippen molar-refractivity contribution in [2.75, 3.05) is 154 Å². The van der Waals surface area contributed by atoms with Crippen LogP contribution in [-0.2, 0) is 40.8 Å². The number of nitrogens with one attached hydrogen (secondary N) is 4. The third kappa shape index (κ3) is 29.1. The minimum atomic E-state index is -2.64. The molecule has 17 nitrogen and oxygen atoms in total. The molecule has 338 valence electrons. The first-order chi connectivity index (χ1) is 27.1. The van der Waals surface area contributed by atoms with E-state index in [1.165, 1.54) is 19.3 Å². The zero-order chi connectivity index (χ0) is 41.8. The van der Waals surface area contributed by atoms with Crippen LogP contribution in [0.25, 0.3) is 0 Å². The summed E-state index contributed by atoms with van der Waals surface area (Å²) in [7, 11) is 4.35. The lowest BCUT2D eigenvalue weighted by atomic mass is 10.0. The van der Waals surface area contributed by atoms with Crippen molar-refractivity contribution in [1.82, 2.24) is 26.2 Å². The summed E-state index contributed by atoms with van der Waals surface area (Å²) >= 11 is 0. The Morgan fingerprint density at radius 3 is 1.43 bits per heavy atom. The summed E-state index contributed by atoms with van der Waals surface area (Å²) in [6.45, 7) is 14.3. The third-order valence-corrected chi connectivity index (χ3v) is 15.3. The highest BCUT2D eigenvalue weighted by Gasteiger charge is 2.37. The lowest BCUT2D eigenvalue weighted by molar-refractivity contribution is 0.0138. The van der Waals surface area contributed by atoms with E-state index in [4.69, 9.17) is 40.8 Å². The van der Waals surface area contributed by atoms with Gasteiger partial charge in [0.25, 0.3) is 0 Å². The lowest BCUT2D eigenvalue weighted by Gasteiger charge is -2.26. The molecule has 0 aliphatic carbocycles. The summed E-state index contributed by atoms with van der Waals surface area (Å²) in [6, 6.07) is 1.30. The van der Waals surface area contributed by atoms with Gasteiger partial charge in [-0.15, -0.1) is 0 Å². The van der Waals surface area contributed by atoms with Gasteiger partial charge in [0, 0.05) is 147 Å². The Bertz CT molecular complexity index is 830. The summed E-state index contributed by atoms with van der Waals surface area (Å²) in [5.41, 5.74) is 0. The molecular formula is C37H85N5O12Si2. The molecule has 0 bridgehead atoms. The van der Waals surface area contributed by atoms with Crippen LogP contribution in [0.3, 0.4) is 0 Å². The van der Waals surface area contributed by atoms with Crippen molar-refractivity contribution in [2.45, 2.75) is 82.8 Å². The van der Waals surface area contributed by atoms with E-state index in [0.717, 1.165) is 52.1 Å². The Balaban J connectivity index is 4.42. The fourth-order valence-electron chi connectivity index (χ4n) is 5.98. The number of nitrogens with zero attached hydrogens (tertiary/aromatic N) is 1. The van der Waals surface area contributed by atoms with E-state index >= 15 is 0 Å². The Hall–Kier alpha value is -0.246. The van der Waals surface area contributed by atoms with Crippen LogP contribution in [0.5, 0.6) is 0 Å². The second-order valence-corrected chi connectivity index (χ2v) is 20.3. The number of unbranched alkanes of at least 4 members (excludes halogenated alkanes) is 1. The molecular weight excluding hydrogens is 763 g/mol. The summed E-state index contributed by atoms with van der Waals surface area (Å²) in [4.78, 5) is 2.20. The Morgan fingerprint density at radius 2 is 0.946 bits per heavy atom. The Kier molecular flexibility index (Phi) is 37.6. The third-order valence-electron chi connectivity index (χ3n) is 9.63. The quantitative estimate of drug-likeness (QED) is 0.0331. The van der Waals surface area contributed by atoms with Gasteiger partial charge in [-0.1, -0.05) is 33.1 Å². The van der Waals surface area contributed by atoms with Crippen LogP contribution in [0.2, 0.25) is 12.1 Å². The zero-order valence-electron chi connectivity index (χ0n) is 36.5. The van der Waals surface area contributed by atoms with Crippen LogP contribution in [0.15, 0.2) is 0 Å². The number of aliphatic hydroxyl groups excluding tert-OH is 3. The van der Waals surface area contributed by atoms with Crippen LogP contribution in [0.1, 0.15) is 52.4 Å². The molecule has 0 saturated carbocycles. The normalized spacial score (nSPS) is 14.8. The first kappa shape index (κ1) is 55.8. The van der Waals surface area contributed by atoms with Gasteiger partial charge in [-0.25, -0.2) is 0 Å². The molecule has 0 aromatic carbocycles. The predicted octanol–water partition coefficient (Wildman–Crippen LogP) is 0.532. The van der Waals surface area contributed by atoms with Crippen LogP contribution in [0, 0.1) is 5.92 Å². The van der Waals surface area contributed by atoms with E-state index < -0.39 is 35.9 Å². The topological polar surface area (TPSA) is 195 Å². The van der Waals surface area contributed by atoms with E-state index in [0.29, 0.717) is 83.6 Å². The molecule has 0 saturated heterocycles. The molecule has 0 aromatic rings. The number of hydrogen-bond acceptors (Lipinski definition) is 17. The highest BCUT2D eigenvalue weighted by molar-refractivity contribution is 6.60. The number of ether oxygens (including phenoxy) is 3. The Labute approximate surface area is 342 Å². The minimum Gasteiger partial charge on any atom is -0.389 e. The Morgan fingerprint density at radius 1 is 0.518 bits per heavy atom. The van der Waals surface area contributed by atoms with Crippen molar-refractivity contribution in [3.8, 4) is 0 Å². The number of rotatable bonds is 44. The van der Waals surface area contributed by atoms with E-state index in [-0.39, 0.29) is 13.2 Å².